The second-order valence-electron chi connectivity index (χ2n) is 4.49. The molecular formula is C10H19N5. The molecule has 1 aromatic heterocycles. The number of nitrogens with zero attached hydrogens (tertiary/aromatic N) is 4. The Morgan fingerprint density at radius 1 is 1.53 bits per heavy atom. The topological polar surface area (TPSA) is 55.6 Å². The van der Waals surface area contributed by atoms with E-state index in [2.05, 4.69) is 41.6 Å². The smallest absolute Gasteiger partial charge is 0.168 e. The van der Waals surface area contributed by atoms with Crippen molar-refractivity contribution in [2.75, 3.05) is 6.54 Å². The highest BCUT2D eigenvalue weighted by Crippen LogP contribution is 2.37. The van der Waals surface area contributed by atoms with Gasteiger partial charge in [-0.2, -0.15) is 0 Å². The molecule has 1 aromatic rings. The van der Waals surface area contributed by atoms with E-state index in [1.54, 1.807) is 0 Å². The Kier molecular flexibility index (Phi) is 3.00. The van der Waals surface area contributed by atoms with Gasteiger partial charge in [0.2, 0.25) is 0 Å². The monoisotopic (exact) mass is 209 g/mol. The Morgan fingerprint density at radius 3 is 2.87 bits per heavy atom. The first-order chi connectivity index (χ1) is 7.22. The molecule has 1 heterocycles. The number of nitrogens with one attached hydrogen (secondary N) is 1. The van der Waals surface area contributed by atoms with E-state index < -0.39 is 0 Å². The summed E-state index contributed by atoms with van der Waals surface area (Å²) in [6.45, 7) is 7.41. The van der Waals surface area contributed by atoms with Crippen LogP contribution in [0.3, 0.4) is 0 Å². The zero-order chi connectivity index (χ0) is 10.8. The third-order valence-corrected chi connectivity index (χ3v) is 3.11. The van der Waals surface area contributed by atoms with Crippen LogP contribution in [0, 0.1) is 5.92 Å². The van der Waals surface area contributed by atoms with Crippen molar-refractivity contribution in [2.24, 2.45) is 5.92 Å². The van der Waals surface area contributed by atoms with E-state index in [4.69, 9.17) is 0 Å². The number of hydrogen-bond acceptors (Lipinski definition) is 4. The van der Waals surface area contributed by atoms with E-state index in [0.717, 1.165) is 18.3 Å². The summed E-state index contributed by atoms with van der Waals surface area (Å²) in [5.41, 5.74) is 0. The predicted octanol–water partition coefficient (Wildman–Crippen LogP) is 1.31. The maximum Gasteiger partial charge on any atom is 0.168 e. The lowest BCUT2D eigenvalue weighted by Gasteiger charge is -2.33. The standard InChI is InChI=1S/C10H19N5/c1-4-11-8(3)10-12-13-14-15(10)9-5-7(2)6-9/h7-9,11H,4-6H2,1-3H3. The molecule has 1 unspecified atom stereocenters. The van der Waals surface area contributed by atoms with Crippen LogP contribution >= 0.6 is 0 Å². The van der Waals surface area contributed by atoms with Crippen LogP contribution in [-0.2, 0) is 0 Å². The fourth-order valence-corrected chi connectivity index (χ4v) is 2.20. The molecule has 1 aliphatic rings. The normalized spacial score (nSPS) is 27.4. The Labute approximate surface area is 90.2 Å². The first kappa shape index (κ1) is 10.5. The number of aromatic nitrogens is 4. The Bertz CT molecular complexity index is 296. The maximum atomic E-state index is 4.10. The van der Waals surface area contributed by atoms with Crippen molar-refractivity contribution in [1.82, 2.24) is 25.5 Å². The van der Waals surface area contributed by atoms with Crippen LogP contribution in [0.15, 0.2) is 0 Å². The summed E-state index contributed by atoms with van der Waals surface area (Å²) in [6, 6.07) is 0.756. The van der Waals surface area contributed by atoms with Crippen molar-refractivity contribution >= 4 is 0 Å². The minimum Gasteiger partial charge on any atom is -0.308 e. The van der Waals surface area contributed by atoms with E-state index in [-0.39, 0.29) is 6.04 Å². The summed E-state index contributed by atoms with van der Waals surface area (Å²) in [5, 5.41) is 15.3. The average Bonchev–Trinajstić information content (AvgIpc) is 2.61. The Balaban J connectivity index is 2.08. The van der Waals surface area contributed by atoms with E-state index in [9.17, 15) is 0 Å². The minimum absolute atomic E-state index is 0.237. The second kappa shape index (κ2) is 4.26. The molecule has 0 aromatic carbocycles. The summed E-state index contributed by atoms with van der Waals surface area (Å²) in [7, 11) is 0. The highest BCUT2D eigenvalue weighted by molar-refractivity contribution is 4.94. The van der Waals surface area contributed by atoms with Gasteiger partial charge in [0.15, 0.2) is 5.82 Å². The van der Waals surface area contributed by atoms with Gasteiger partial charge >= 0.3 is 0 Å². The van der Waals surface area contributed by atoms with Gasteiger partial charge in [-0.3, -0.25) is 0 Å². The molecule has 0 aliphatic heterocycles. The summed E-state index contributed by atoms with van der Waals surface area (Å²) in [5.74, 6) is 1.79. The van der Waals surface area contributed by atoms with E-state index >= 15 is 0 Å². The Hall–Kier alpha value is -0.970. The van der Waals surface area contributed by atoms with Crippen LogP contribution in [0.4, 0.5) is 0 Å². The molecule has 0 radical (unpaired) electrons. The highest BCUT2D eigenvalue weighted by Gasteiger charge is 2.30. The second-order valence-corrected chi connectivity index (χ2v) is 4.49. The maximum absolute atomic E-state index is 4.10. The molecule has 5 nitrogen and oxygen atoms in total. The van der Waals surface area contributed by atoms with Gasteiger partial charge in [-0.25, -0.2) is 4.68 Å². The van der Waals surface area contributed by atoms with Crippen LogP contribution < -0.4 is 5.32 Å². The van der Waals surface area contributed by atoms with Crippen molar-refractivity contribution in [3.05, 3.63) is 5.82 Å². The van der Waals surface area contributed by atoms with Crippen LogP contribution in [0.2, 0.25) is 0 Å². The third kappa shape index (κ3) is 2.02. The van der Waals surface area contributed by atoms with Gasteiger partial charge in [0.1, 0.15) is 0 Å². The summed E-state index contributed by atoms with van der Waals surface area (Å²) in [4.78, 5) is 0. The van der Waals surface area contributed by atoms with Crippen molar-refractivity contribution in [2.45, 2.75) is 45.7 Å². The third-order valence-electron chi connectivity index (χ3n) is 3.11. The molecule has 0 bridgehead atoms. The first-order valence-corrected chi connectivity index (χ1v) is 5.73. The Morgan fingerprint density at radius 2 is 2.27 bits per heavy atom. The quantitative estimate of drug-likeness (QED) is 0.812. The fourth-order valence-electron chi connectivity index (χ4n) is 2.20. The molecule has 0 spiro atoms. The molecule has 15 heavy (non-hydrogen) atoms. The van der Waals surface area contributed by atoms with Gasteiger partial charge in [0.05, 0.1) is 12.1 Å². The van der Waals surface area contributed by atoms with Crippen LogP contribution in [0.25, 0.3) is 0 Å². The SMILES string of the molecule is CCNC(C)c1nnnn1C1CC(C)C1. The molecule has 0 amide bonds. The van der Waals surface area contributed by atoms with Crippen molar-refractivity contribution < 1.29 is 0 Å². The lowest BCUT2D eigenvalue weighted by molar-refractivity contribution is 0.190. The molecule has 1 saturated carbocycles. The zero-order valence-corrected chi connectivity index (χ0v) is 9.64. The van der Waals surface area contributed by atoms with Gasteiger partial charge in [0.25, 0.3) is 0 Å². The van der Waals surface area contributed by atoms with Crippen molar-refractivity contribution in [3.63, 3.8) is 0 Å². The number of rotatable bonds is 4. The van der Waals surface area contributed by atoms with Gasteiger partial charge in [-0.15, -0.1) is 5.10 Å². The minimum atomic E-state index is 0.237. The molecule has 5 heteroatoms. The van der Waals surface area contributed by atoms with Gasteiger partial charge in [0, 0.05) is 0 Å². The first-order valence-electron chi connectivity index (χ1n) is 5.73. The number of tetrazole rings is 1. The van der Waals surface area contributed by atoms with E-state index in [1.165, 1.54) is 12.8 Å². The average molecular weight is 209 g/mol. The fraction of sp³-hybridized carbons (Fsp3) is 0.900. The van der Waals surface area contributed by atoms with Crippen LogP contribution in [0.5, 0.6) is 0 Å². The molecule has 1 atom stereocenters. The number of hydrogen-bond donors (Lipinski definition) is 1. The highest BCUT2D eigenvalue weighted by atomic mass is 15.6. The summed E-state index contributed by atoms with van der Waals surface area (Å²) >= 11 is 0. The van der Waals surface area contributed by atoms with Crippen molar-refractivity contribution in [1.29, 1.82) is 0 Å². The molecule has 0 saturated heterocycles. The van der Waals surface area contributed by atoms with E-state index in [1.807, 2.05) is 4.68 Å². The summed E-state index contributed by atoms with van der Waals surface area (Å²) in [6.07, 6.45) is 2.41. The lowest BCUT2D eigenvalue weighted by Crippen LogP contribution is -2.30. The molecule has 1 aliphatic carbocycles. The molecule has 2 rings (SSSR count). The largest absolute Gasteiger partial charge is 0.308 e. The molecule has 1 N–H and O–H groups in total. The van der Waals surface area contributed by atoms with Gasteiger partial charge in [-0.05, 0) is 42.7 Å². The van der Waals surface area contributed by atoms with Gasteiger partial charge in [-0.1, -0.05) is 13.8 Å². The van der Waals surface area contributed by atoms with Crippen molar-refractivity contribution in [3.8, 4) is 0 Å². The van der Waals surface area contributed by atoms with Gasteiger partial charge < -0.3 is 5.32 Å². The molecule has 1 fully saturated rings. The molecular weight excluding hydrogens is 190 g/mol. The van der Waals surface area contributed by atoms with Crippen LogP contribution in [0.1, 0.15) is 51.5 Å². The predicted molar refractivity (Wildman–Crippen MR) is 57.3 cm³/mol. The summed E-state index contributed by atoms with van der Waals surface area (Å²) < 4.78 is 1.99. The zero-order valence-electron chi connectivity index (χ0n) is 9.64. The van der Waals surface area contributed by atoms with Crippen LogP contribution in [-0.4, -0.2) is 26.8 Å². The lowest BCUT2D eigenvalue weighted by atomic mass is 9.82. The molecule has 84 valence electrons. The van der Waals surface area contributed by atoms with E-state index in [0.29, 0.717) is 6.04 Å².